The van der Waals surface area contributed by atoms with Crippen LogP contribution in [0.4, 0.5) is 11.6 Å². The molecule has 0 fully saturated rings. The molecule has 0 saturated carbocycles. The Balaban J connectivity index is 3.15. The number of hydrogen-bond donors (Lipinski definition) is 2. The van der Waals surface area contributed by atoms with Crippen LogP contribution in [0, 0.1) is 18.3 Å². The molecule has 0 bridgehead atoms. The molecular weight excluding hydrogens is 240 g/mol. The van der Waals surface area contributed by atoms with Crippen LogP contribution in [0.5, 0.6) is 0 Å². The Hall–Kier alpha value is -1.87. The first-order chi connectivity index (χ1) is 9.17. The van der Waals surface area contributed by atoms with Crippen molar-refractivity contribution in [3.63, 3.8) is 0 Å². The highest BCUT2D eigenvalue weighted by atomic mass is 15.3. The highest BCUT2D eigenvalue weighted by Gasteiger charge is 2.14. The zero-order valence-electron chi connectivity index (χ0n) is 11.9. The molecule has 1 heterocycles. The molecule has 0 unspecified atom stereocenters. The normalized spacial score (nSPS) is 10.1. The number of aromatic nitrogens is 2. The Morgan fingerprint density at radius 3 is 2.63 bits per heavy atom. The molecule has 0 radical (unpaired) electrons. The summed E-state index contributed by atoms with van der Waals surface area (Å²) < 4.78 is 0. The minimum atomic E-state index is 0.478. The van der Waals surface area contributed by atoms with Crippen LogP contribution in [0.15, 0.2) is 0 Å². The van der Waals surface area contributed by atoms with Crippen LogP contribution in [0.3, 0.4) is 0 Å². The minimum Gasteiger partial charge on any atom is -0.355 e. The van der Waals surface area contributed by atoms with Crippen molar-refractivity contribution in [1.82, 2.24) is 9.97 Å². The predicted molar refractivity (Wildman–Crippen MR) is 76.7 cm³/mol. The number of hydrazine groups is 1. The van der Waals surface area contributed by atoms with Crippen LogP contribution in [0.1, 0.15) is 38.1 Å². The third-order valence-electron chi connectivity index (χ3n) is 2.95. The number of rotatable bonds is 7. The van der Waals surface area contributed by atoms with Crippen molar-refractivity contribution < 1.29 is 0 Å². The summed E-state index contributed by atoms with van der Waals surface area (Å²) in [6, 6.07) is 2.16. The summed E-state index contributed by atoms with van der Waals surface area (Å²) in [5.41, 5.74) is 3.55. The lowest BCUT2D eigenvalue weighted by Crippen LogP contribution is -2.27. The number of nitrogens with zero attached hydrogens (tertiary/aromatic N) is 4. The molecule has 19 heavy (non-hydrogen) atoms. The monoisotopic (exact) mass is 262 g/mol. The van der Waals surface area contributed by atoms with Gasteiger partial charge in [-0.1, -0.05) is 6.92 Å². The van der Waals surface area contributed by atoms with E-state index in [2.05, 4.69) is 33.3 Å². The zero-order valence-corrected chi connectivity index (χ0v) is 11.9. The summed E-state index contributed by atoms with van der Waals surface area (Å²) in [4.78, 5) is 11.1. The summed E-state index contributed by atoms with van der Waals surface area (Å²) in [5, 5.41) is 8.72. The molecule has 1 rings (SSSR count). The van der Waals surface area contributed by atoms with E-state index in [-0.39, 0.29) is 0 Å². The summed E-state index contributed by atoms with van der Waals surface area (Å²) >= 11 is 0. The molecule has 0 aliphatic heterocycles. The maximum absolute atomic E-state index is 8.72. The highest BCUT2D eigenvalue weighted by Crippen LogP contribution is 2.23. The molecule has 104 valence electrons. The van der Waals surface area contributed by atoms with Crippen molar-refractivity contribution in [2.45, 2.75) is 40.0 Å². The number of nitriles is 1. The summed E-state index contributed by atoms with van der Waals surface area (Å²) in [6.07, 6.45) is 2.28. The largest absolute Gasteiger partial charge is 0.355 e. The van der Waals surface area contributed by atoms with E-state index in [4.69, 9.17) is 11.1 Å². The molecule has 1 aromatic heterocycles. The molecule has 6 heteroatoms. The molecule has 0 saturated heterocycles. The van der Waals surface area contributed by atoms with Gasteiger partial charge in [-0.25, -0.2) is 15.8 Å². The molecule has 1 aromatic rings. The maximum atomic E-state index is 8.72. The third-order valence-corrected chi connectivity index (χ3v) is 2.95. The van der Waals surface area contributed by atoms with E-state index < -0.39 is 0 Å². The SMILES string of the molecule is CCCc1nc(NN)c(C)c(N(CC)CCC#N)n1. The van der Waals surface area contributed by atoms with E-state index in [1.165, 1.54) is 0 Å². The molecule has 0 aromatic carbocycles. The number of nitrogens with one attached hydrogen (secondary N) is 1. The first kappa shape index (κ1) is 15.2. The van der Waals surface area contributed by atoms with Crippen LogP contribution in [0.25, 0.3) is 0 Å². The molecule has 0 amide bonds. The second-order valence-corrected chi connectivity index (χ2v) is 4.32. The van der Waals surface area contributed by atoms with Gasteiger partial charge < -0.3 is 10.3 Å². The van der Waals surface area contributed by atoms with Crippen molar-refractivity contribution >= 4 is 11.6 Å². The van der Waals surface area contributed by atoms with E-state index >= 15 is 0 Å². The fraction of sp³-hybridized carbons (Fsp3) is 0.615. The lowest BCUT2D eigenvalue weighted by molar-refractivity contribution is 0.774. The predicted octanol–water partition coefficient (Wildman–Crippen LogP) is 1.76. The molecule has 0 aliphatic carbocycles. The lowest BCUT2D eigenvalue weighted by Gasteiger charge is -2.24. The molecule has 6 nitrogen and oxygen atoms in total. The van der Waals surface area contributed by atoms with Gasteiger partial charge in [0.25, 0.3) is 0 Å². The van der Waals surface area contributed by atoms with E-state index in [1.54, 1.807) is 0 Å². The van der Waals surface area contributed by atoms with Gasteiger partial charge >= 0.3 is 0 Å². The Kier molecular flexibility index (Phi) is 6.03. The first-order valence-electron chi connectivity index (χ1n) is 6.63. The summed E-state index contributed by atoms with van der Waals surface area (Å²) in [7, 11) is 0. The lowest BCUT2D eigenvalue weighted by atomic mass is 10.2. The van der Waals surface area contributed by atoms with Crippen molar-refractivity contribution in [3.8, 4) is 6.07 Å². The number of aryl methyl sites for hydroxylation is 1. The molecule has 3 N–H and O–H groups in total. The molecule has 0 atom stereocenters. The van der Waals surface area contributed by atoms with Crippen LogP contribution < -0.4 is 16.2 Å². The second kappa shape index (κ2) is 7.54. The third kappa shape index (κ3) is 3.80. The van der Waals surface area contributed by atoms with Crippen molar-refractivity contribution in [1.29, 1.82) is 5.26 Å². The van der Waals surface area contributed by atoms with Gasteiger partial charge in [0.1, 0.15) is 17.5 Å². The van der Waals surface area contributed by atoms with Crippen molar-refractivity contribution in [2.75, 3.05) is 23.4 Å². The minimum absolute atomic E-state index is 0.478. The number of hydrogen-bond acceptors (Lipinski definition) is 6. The first-order valence-corrected chi connectivity index (χ1v) is 6.63. The second-order valence-electron chi connectivity index (χ2n) is 4.32. The van der Waals surface area contributed by atoms with Crippen LogP contribution >= 0.6 is 0 Å². The summed E-state index contributed by atoms with van der Waals surface area (Å²) in [6.45, 7) is 7.55. The average molecular weight is 262 g/mol. The smallest absolute Gasteiger partial charge is 0.148 e. The van der Waals surface area contributed by atoms with Crippen LogP contribution in [-0.2, 0) is 6.42 Å². The molecular formula is C13H22N6. The van der Waals surface area contributed by atoms with E-state index in [0.717, 1.165) is 36.6 Å². The maximum Gasteiger partial charge on any atom is 0.148 e. The van der Waals surface area contributed by atoms with Gasteiger partial charge in [-0.15, -0.1) is 0 Å². The van der Waals surface area contributed by atoms with Gasteiger partial charge in [0.15, 0.2) is 0 Å². The summed E-state index contributed by atoms with van der Waals surface area (Å²) in [5.74, 6) is 7.82. The van der Waals surface area contributed by atoms with Gasteiger partial charge in [-0.3, -0.25) is 0 Å². The quantitative estimate of drug-likeness (QED) is 0.575. The fourth-order valence-corrected chi connectivity index (χ4v) is 1.93. The fourth-order valence-electron chi connectivity index (χ4n) is 1.93. The van der Waals surface area contributed by atoms with E-state index in [0.29, 0.717) is 18.8 Å². The molecule has 0 aliphatic rings. The van der Waals surface area contributed by atoms with Crippen LogP contribution in [-0.4, -0.2) is 23.1 Å². The van der Waals surface area contributed by atoms with Gasteiger partial charge in [-0.2, -0.15) is 5.26 Å². The topological polar surface area (TPSA) is 90.9 Å². The van der Waals surface area contributed by atoms with E-state index in [1.807, 2.05) is 13.8 Å². The van der Waals surface area contributed by atoms with Crippen LogP contribution in [0.2, 0.25) is 0 Å². The Morgan fingerprint density at radius 2 is 2.11 bits per heavy atom. The van der Waals surface area contributed by atoms with Gasteiger partial charge in [0.2, 0.25) is 0 Å². The average Bonchev–Trinajstić information content (AvgIpc) is 2.42. The van der Waals surface area contributed by atoms with Gasteiger partial charge in [0.05, 0.1) is 12.5 Å². The highest BCUT2D eigenvalue weighted by molar-refractivity contribution is 5.58. The standard InChI is InChI=1S/C13H22N6/c1-4-7-11-16-12(18-15)10(3)13(17-11)19(5-2)9-6-8-14/h4-7,9,15H2,1-3H3,(H,16,17,18). The number of anilines is 2. The van der Waals surface area contributed by atoms with Crippen molar-refractivity contribution in [3.05, 3.63) is 11.4 Å². The Bertz CT molecular complexity index is 451. The zero-order chi connectivity index (χ0) is 14.3. The number of nitrogen functional groups attached to an aromatic ring is 1. The Morgan fingerprint density at radius 1 is 1.37 bits per heavy atom. The Labute approximate surface area is 114 Å². The van der Waals surface area contributed by atoms with E-state index in [9.17, 15) is 0 Å². The van der Waals surface area contributed by atoms with Crippen molar-refractivity contribution in [2.24, 2.45) is 5.84 Å². The number of nitrogens with two attached hydrogens (primary N) is 1. The molecule has 0 spiro atoms. The van der Waals surface area contributed by atoms with Gasteiger partial charge in [0, 0.05) is 25.1 Å². The van der Waals surface area contributed by atoms with Gasteiger partial charge in [-0.05, 0) is 20.3 Å².